The molecule has 1 aromatic heterocycles. The number of para-hydroxylation sites is 1. The van der Waals surface area contributed by atoms with Gasteiger partial charge in [0.2, 0.25) is 5.91 Å². The van der Waals surface area contributed by atoms with Crippen LogP contribution in [0.25, 0.3) is 16.6 Å². The van der Waals surface area contributed by atoms with Crippen molar-refractivity contribution >= 4 is 28.5 Å². The van der Waals surface area contributed by atoms with Gasteiger partial charge in [-0.05, 0) is 74.1 Å². The minimum atomic E-state index is -0.356. The fourth-order valence-corrected chi connectivity index (χ4v) is 7.38. The first-order chi connectivity index (χ1) is 17.5. The number of benzene rings is 2. The number of fused-ring (bicyclic) bond motifs is 2. The summed E-state index contributed by atoms with van der Waals surface area (Å²) in [7, 11) is 0. The van der Waals surface area contributed by atoms with Crippen molar-refractivity contribution in [2.24, 2.45) is 17.8 Å². The fourth-order valence-electron chi connectivity index (χ4n) is 7.38. The lowest BCUT2D eigenvalue weighted by atomic mass is 9.68. The molecule has 3 aromatic rings. The Morgan fingerprint density at radius 1 is 0.917 bits per heavy atom. The van der Waals surface area contributed by atoms with Gasteiger partial charge in [0.05, 0.1) is 17.4 Å². The summed E-state index contributed by atoms with van der Waals surface area (Å²) >= 11 is 0. The molecule has 3 amide bonds. The predicted octanol–water partition coefficient (Wildman–Crippen LogP) is 4.44. The number of amides is 3. The van der Waals surface area contributed by atoms with Crippen molar-refractivity contribution < 1.29 is 14.0 Å². The van der Waals surface area contributed by atoms with E-state index in [4.69, 9.17) is 0 Å². The summed E-state index contributed by atoms with van der Waals surface area (Å²) in [6.07, 6.45) is 7.81. The smallest absolute Gasteiger partial charge is 0.325 e. The molecule has 0 N–H and O–H groups in total. The van der Waals surface area contributed by atoms with Gasteiger partial charge in [0.25, 0.3) is 0 Å². The zero-order valence-corrected chi connectivity index (χ0v) is 20.2. The number of aromatic nitrogens is 2. The van der Waals surface area contributed by atoms with E-state index in [9.17, 15) is 14.0 Å². The molecule has 2 aliphatic carbocycles. The standard InChI is InChI=1S/C28H30FN5O2/c29-23-4-1-2-5-26(23)34-25-7-3-6-24(22(25)15-30-34)32-9-8-31(28(32)36)17-27(35)33-16-20-11-18-10-19(12-20)14-21(33)13-18/h1-7,15,18-21H,8-14,16-17H2. The molecule has 4 bridgehead atoms. The number of carbonyl (C=O) groups excluding carboxylic acids is 2. The molecule has 2 aromatic carbocycles. The molecule has 2 saturated carbocycles. The van der Waals surface area contributed by atoms with Crippen LogP contribution in [0.15, 0.2) is 48.7 Å². The van der Waals surface area contributed by atoms with E-state index in [2.05, 4.69) is 10.00 Å². The van der Waals surface area contributed by atoms with Crippen LogP contribution in [0.2, 0.25) is 0 Å². The fraction of sp³-hybridized carbons (Fsp3) is 0.464. The number of anilines is 1. The zero-order valence-electron chi connectivity index (χ0n) is 20.2. The molecular formula is C28H30FN5O2. The number of halogens is 1. The summed E-state index contributed by atoms with van der Waals surface area (Å²) in [6, 6.07) is 12.3. The Hall–Kier alpha value is -3.42. The summed E-state index contributed by atoms with van der Waals surface area (Å²) in [6.45, 7) is 2.01. The lowest BCUT2D eigenvalue weighted by molar-refractivity contribution is -0.134. The quantitative estimate of drug-likeness (QED) is 0.547. The molecule has 0 spiro atoms. The van der Waals surface area contributed by atoms with Gasteiger partial charge in [-0.25, -0.2) is 13.9 Å². The van der Waals surface area contributed by atoms with Gasteiger partial charge >= 0.3 is 6.03 Å². The highest BCUT2D eigenvalue weighted by atomic mass is 19.1. The molecule has 7 nitrogen and oxygen atoms in total. The highest BCUT2D eigenvalue weighted by molar-refractivity contribution is 6.04. The van der Waals surface area contributed by atoms with Crippen molar-refractivity contribution in [3.8, 4) is 5.69 Å². The summed E-state index contributed by atoms with van der Waals surface area (Å²) in [5.41, 5.74) is 1.83. The summed E-state index contributed by atoms with van der Waals surface area (Å²) in [4.78, 5) is 32.4. The van der Waals surface area contributed by atoms with Crippen molar-refractivity contribution in [1.29, 1.82) is 0 Å². The van der Waals surface area contributed by atoms with Gasteiger partial charge in [-0.2, -0.15) is 5.10 Å². The van der Waals surface area contributed by atoms with Crippen LogP contribution in [0.5, 0.6) is 0 Å². The summed E-state index contributed by atoms with van der Waals surface area (Å²) < 4.78 is 16.0. The molecule has 4 heterocycles. The summed E-state index contributed by atoms with van der Waals surface area (Å²) in [5.74, 6) is 1.92. The Morgan fingerprint density at radius 3 is 2.47 bits per heavy atom. The third-order valence-corrected chi connectivity index (χ3v) is 8.81. The average Bonchev–Trinajstić information content (AvgIpc) is 3.39. The predicted molar refractivity (Wildman–Crippen MR) is 134 cm³/mol. The minimum Gasteiger partial charge on any atom is -0.338 e. The van der Waals surface area contributed by atoms with E-state index >= 15 is 0 Å². The monoisotopic (exact) mass is 487 g/mol. The minimum absolute atomic E-state index is 0.0916. The Balaban J connectivity index is 1.11. The molecule has 36 heavy (non-hydrogen) atoms. The molecule has 2 unspecified atom stereocenters. The van der Waals surface area contributed by atoms with E-state index in [0.717, 1.165) is 47.8 Å². The first kappa shape index (κ1) is 21.8. The van der Waals surface area contributed by atoms with Crippen LogP contribution in [-0.4, -0.2) is 63.7 Å². The van der Waals surface area contributed by atoms with Gasteiger partial charge in [-0.1, -0.05) is 18.2 Å². The second kappa shape index (κ2) is 8.32. The Kier molecular flexibility index (Phi) is 5.04. The number of hydrogen-bond acceptors (Lipinski definition) is 3. The maximum Gasteiger partial charge on any atom is 0.325 e. The molecule has 3 saturated heterocycles. The van der Waals surface area contributed by atoms with Gasteiger partial charge < -0.3 is 9.80 Å². The van der Waals surface area contributed by atoms with Gasteiger partial charge in [-0.3, -0.25) is 9.69 Å². The van der Waals surface area contributed by atoms with E-state index in [1.54, 1.807) is 38.9 Å². The van der Waals surface area contributed by atoms with Crippen molar-refractivity contribution in [3.63, 3.8) is 0 Å². The molecule has 5 aliphatic rings. The first-order valence-electron chi connectivity index (χ1n) is 13.1. The van der Waals surface area contributed by atoms with Crippen molar-refractivity contribution in [2.75, 3.05) is 31.1 Å². The van der Waals surface area contributed by atoms with Crippen molar-refractivity contribution in [2.45, 2.75) is 38.1 Å². The third kappa shape index (κ3) is 3.49. The topological polar surface area (TPSA) is 61.7 Å². The van der Waals surface area contributed by atoms with Crippen LogP contribution in [0.1, 0.15) is 32.1 Å². The second-order valence-corrected chi connectivity index (χ2v) is 11.1. The van der Waals surface area contributed by atoms with E-state index < -0.39 is 0 Å². The molecule has 8 rings (SSSR count). The zero-order chi connectivity index (χ0) is 24.4. The lowest BCUT2D eigenvalue weighted by Gasteiger charge is -2.39. The van der Waals surface area contributed by atoms with Crippen molar-refractivity contribution in [1.82, 2.24) is 19.6 Å². The van der Waals surface area contributed by atoms with Gasteiger partial charge in [-0.15, -0.1) is 0 Å². The SMILES string of the molecule is O=C1N(CC(=O)N2CC3CC4CC(C3)CC2C4)CCN1c1cccc2c1cnn2-c1ccccc1F. The molecule has 8 heteroatoms. The highest BCUT2D eigenvalue weighted by Crippen LogP contribution is 2.47. The Morgan fingerprint density at radius 2 is 1.67 bits per heavy atom. The number of urea groups is 1. The molecule has 0 radical (unpaired) electrons. The van der Waals surface area contributed by atoms with Gasteiger partial charge in [0.15, 0.2) is 0 Å². The first-order valence-corrected chi connectivity index (χ1v) is 13.1. The Labute approximate surface area is 209 Å². The van der Waals surface area contributed by atoms with Crippen LogP contribution in [0.4, 0.5) is 14.9 Å². The number of nitrogens with zero attached hydrogens (tertiary/aromatic N) is 5. The van der Waals surface area contributed by atoms with Gasteiger partial charge in [0.1, 0.15) is 18.0 Å². The van der Waals surface area contributed by atoms with Crippen LogP contribution in [0, 0.1) is 23.6 Å². The lowest BCUT2D eigenvalue weighted by Crippen LogP contribution is -2.47. The molecule has 3 aliphatic heterocycles. The molecule has 2 atom stereocenters. The number of hydrogen-bond donors (Lipinski definition) is 0. The maximum absolute atomic E-state index is 14.4. The van der Waals surface area contributed by atoms with Crippen LogP contribution in [-0.2, 0) is 4.79 Å². The van der Waals surface area contributed by atoms with Crippen LogP contribution < -0.4 is 4.90 Å². The molecule has 5 fully saturated rings. The molecule has 186 valence electrons. The van der Waals surface area contributed by atoms with E-state index in [1.807, 2.05) is 18.2 Å². The van der Waals surface area contributed by atoms with Crippen LogP contribution >= 0.6 is 0 Å². The Bertz CT molecular complexity index is 1340. The maximum atomic E-state index is 14.4. The second-order valence-electron chi connectivity index (χ2n) is 11.1. The van der Waals surface area contributed by atoms with Gasteiger partial charge in [0, 0.05) is 31.1 Å². The molecular weight excluding hydrogens is 457 g/mol. The highest BCUT2D eigenvalue weighted by Gasteiger charge is 2.44. The normalized spacial score (nSPS) is 27.4. The average molecular weight is 488 g/mol. The summed E-state index contributed by atoms with van der Waals surface area (Å²) in [5, 5.41) is 5.21. The number of carbonyl (C=O) groups is 2. The number of rotatable bonds is 4. The largest absolute Gasteiger partial charge is 0.338 e. The van der Waals surface area contributed by atoms with E-state index in [-0.39, 0.29) is 24.3 Å². The third-order valence-electron chi connectivity index (χ3n) is 8.81. The van der Waals surface area contributed by atoms with Crippen LogP contribution in [0.3, 0.4) is 0 Å². The van der Waals surface area contributed by atoms with Crippen molar-refractivity contribution in [3.05, 3.63) is 54.5 Å². The van der Waals surface area contributed by atoms with E-state index in [0.29, 0.717) is 30.7 Å². The van der Waals surface area contributed by atoms with E-state index in [1.165, 1.54) is 25.3 Å².